The molecule has 0 bridgehead atoms. The highest BCUT2D eigenvalue weighted by Crippen LogP contribution is 2.18. The van der Waals surface area contributed by atoms with E-state index < -0.39 is 17.7 Å². The first-order valence-electron chi connectivity index (χ1n) is 7.90. The number of ether oxygens (including phenoxy) is 2. The number of rotatable bonds is 6. The van der Waals surface area contributed by atoms with Crippen LogP contribution in [0.3, 0.4) is 0 Å². The number of carbonyl (C=O) groups is 2. The van der Waals surface area contributed by atoms with E-state index in [1.807, 2.05) is 0 Å². The fraction of sp³-hybridized carbons (Fsp3) is 0.167. The average Bonchev–Trinajstić information content (AvgIpc) is 3.04. The summed E-state index contributed by atoms with van der Waals surface area (Å²) in [6, 6.07) is 9.05. The fourth-order valence-corrected chi connectivity index (χ4v) is 2.33. The normalized spacial score (nSPS) is 10.5. The van der Waals surface area contributed by atoms with Crippen LogP contribution in [0.2, 0.25) is 0 Å². The average molecular weight is 357 g/mol. The Balaban J connectivity index is 1.70. The lowest BCUT2D eigenvalue weighted by Gasteiger charge is -2.08. The Morgan fingerprint density at radius 1 is 1.27 bits per heavy atom. The van der Waals surface area contributed by atoms with Gasteiger partial charge in [0.1, 0.15) is 5.56 Å². The third kappa shape index (κ3) is 3.80. The Labute approximate surface area is 148 Å². The summed E-state index contributed by atoms with van der Waals surface area (Å²) in [6.45, 7) is 1.61. The number of para-hydroxylation sites is 1. The lowest BCUT2D eigenvalue weighted by molar-refractivity contribution is -0.118. The zero-order chi connectivity index (χ0) is 18.5. The number of pyridine rings is 1. The first-order valence-corrected chi connectivity index (χ1v) is 7.90. The molecule has 7 nitrogen and oxygen atoms in total. The van der Waals surface area contributed by atoms with Gasteiger partial charge >= 0.3 is 5.97 Å². The zero-order valence-corrected chi connectivity index (χ0v) is 13.9. The molecule has 1 N–H and O–H groups in total. The van der Waals surface area contributed by atoms with Crippen molar-refractivity contribution in [2.45, 2.75) is 6.92 Å². The van der Waals surface area contributed by atoms with Crippen LogP contribution in [0, 0.1) is 5.82 Å². The molecule has 0 fully saturated rings. The van der Waals surface area contributed by atoms with Gasteiger partial charge in [0.05, 0.1) is 18.3 Å². The molecule has 0 saturated heterocycles. The van der Waals surface area contributed by atoms with Gasteiger partial charge in [0, 0.05) is 11.9 Å². The smallest absolute Gasteiger partial charge is 0.341 e. The van der Waals surface area contributed by atoms with Gasteiger partial charge in [-0.05, 0) is 31.2 Å². The molecule has 3 rings (SSSR count). The summed E-state index contributed by atoms with van der Waals surface area (Å²) in [6.07, 6.45) is 3.01. The van der Waals surface area contributed by atoms with E-state index in [4.69, 9.17) is 9.47 Å². The van der Waals surface area contributed by atoms with E-state index >= 15 is 0 Å². The number of carbonyl (C=O) groups excluding carboxylic acids is 2. The predicted octanol–water partition coefficient (Wildman–Crippen LogP) is 2.67. The number of nitrogens with zero attached hydrogens (tertiary/aromatic N) is 2. The number of aromatic nitrogens is 2. The highest BCUT2D eigenvalue weighted by Gasteiger charge is 2.15. The number of nitrogens with one attached hydrogen (secondary N) is 1. The highest BCUT2D eigenvalue weighted by atomic mass is 19.1. The maximum atomic E-state index is 13.5. The van der Waals surface area contributed by atoms with Gasteiger partial charge in [0.25, 0.3) is 5.91 Å². The second kappa shape index (κ2) is 7.64. The first kappa shape index (κ1) is 17.4. The topological polar surface area (TPSA) is 81.9 Å². The molecular weight excluding hydrogens is 341 g/mol. The number of halogens is 1. The number of amides is 1. The van der Waals surface area contributed by atoms with E-state index in [1.54, 1.807) is 31.3 Å². The van der Waals surface area contributed by atoms with Gasteiger partial charge in [-0.1, -0.05) is 12.1 Å². The van der Waals surface area contributed by atoms with E-state index in [0.29, 0.717) is 16.8 Å². The molecule has 2 aromatic heterocycles. The number of hydrogen-bond acceptors (Lipinski definition) is 5. The Morgan fingerprint density at radius 2 is 2.08 bits per heavy atom. The third-order valence-corrected chi connectivity index (χ3v) is 3.50. The predicted molar refractivity (Wildman–Crippen MR) is 91.7 cm³/mol. The largest absolute Gasteiger partial charge is 0.481 e. The van der Waals surface area contributed by atoms with Crippen molar-refractivity contribution >= 4 is 23.1 Å². The monoisotopic (exact) mass is 357 g/mol. The summed E-state index contributed by atoms with van der Waals surface area (Å²) >= 11 is 0. The van der Waals surface area contributed by atoms with Crippen molar-refractivity contribution in [1.29, 1.82) is 0 Å². The van der Waals surface area contributed by atoms with Gasteiger partial charge in [-0.25, -0.2) is 13.7 Å². The van der Waals surface area contributed by atoms with Crippen LogP contribution in [0.5, 0.6) is 5.75 Å². The molecule has 3 aromatic rings. The SMILES string of the molecule is CCOC(=O)c1cnn2ccc(NC(=O)COc3ccccc3F)cc12. The molecule has 1 aromatic carbocycles. The number of anilines is 1. The minimum absolute atomic E-state index is 0.00140. The molecule has 0 unspecified atom stereocenters. The van der Waals surface area contributed by atoms with E-state index in [9.17, 15) is 14.0 Å². The number of hydrogen-bond donors (Lipinski definition) is 1. The number of esters is 1. The summed E-state index contributed by atoms with van der Waals surface area (Å²) in [7, 11) is 0. The number of fused-ring (bicyclic) bond motifs is 1. The lowest BCUT2D eigenvalue weighted by atomic mass is 10.2. The van der Waals surface area contributed by atoms with Crippen molar-refractivity contribution in [3.63, 3.8) is 0 Å². The van der Waals surface area contributed by atoms with Crippen LogP contribution in [0.25, 0.3) is 5.52 Å². The molecule has 0 atom stereocenters. The summed E-state index contributed by atoms with van der Waals surface area (Å²) in [4.78, 5) is 23.9. The van der Waals surface area contributed by atoms with Crippen molar-refractivity contribution < 1.29 is 23.5 Å². The van der Waals surface area contributed by atoms with E-state index in [-0.39, 0.29) is 19.0 Å². The maximum absolute atomic E-state index is 13.5. The number of benzene rings is 1. The molecule has 134 valence electrons. The summed E-state index contributed by atoms with van der Waals surface area (Å²) in [5, 5.41) is 6.70. The van der Waals surface area contributed by atoms with Gasteiger partial charge in [-0.15, -0.1) is 0 Å². The second-order valence-electron chi connectivity index (χ2n) is 5.29. The van der Waals surface area contributed by atoms with Crippen molar-refractivity contribution in [3.05, 3.63) is 60.2 Å². The van der Waals surface area contributed by atoms with E-state index in [0.717, 1.165) is 0 Å². The van der Waals surface area contributed by atoms with Crippen molar-refractivity contribution in [2.75, 3.05) is 18.5 Å². The van der Waals surface area contributed by atoms with Crippen molar-refractivity contribution in [2.24, 2.45) is 0 Å². The van der Waals surface area contributed by atoms with E-state index in [2.05, 4.69) is 10.4 Å². The first-order chi connectivity index (χ1) is 12.6. The third-order valence-electron chi connectivity index (χ3n) is 3.50. The molecule has 0 aliphatic rings. The van der Waals surface area contributed by atoms with Crippen LogP contribution in [-0.2, 0) is 9.53 Å². The minimum atomic E-state index is -0.542. The van der Waals surface area contributed by atoms with E-state index in [1.165, 1.54) is 28.9 Å². The van der Waals surface area contributed by atoms with Crippen molar-refractivity contribution in [3.8, 4) is 5.75 Å². The van der Waals surface area contributed by atoms with Gasteiger partial charge in [-0.2, -0.15) is 5.10 Å². The summed E-state index contributed by atoms with van der Waals surface area (Å²) < 4.78 is 25.1. The molecule has 1 amide bonds. The van der Waals surface area contributed by atoms with Crippen LogP contribution in [0.1, 0.15) is 17.3 Å². The molecule has 0 spiro atoms. The lowest BCUT2D eigenvalue weighted by Crippen LogP contribution is -2.20. The summed E-state index contributed by atoms with van der Waals surface area (Å²) in [5.41, 5.74) is 1.24. The molecule has 0 radical (unpaired) electrons. The van der Waals surface area contributed by atoms with Gasteiger partial charge in [0.2, 0.25) is 0 Å². The highest BCUT2D eigenvalue weighted by molar-refractivity contribution is 5.98. The molecule has 0 saturated carbocycles. The summed E-state index contributed by atoms with van der Waals surface area (Å²) in [5.74, 6) is -1.50. The van der Waals surface area contributed by atoms with Crippen LogP contribution in [0.4, 0.5) is 10.1 Å². The second-order valence-corrected chi connectivity index (χ2v) is 5.29. The molecule has 0 aliphatic heterocycles. The standard InChI is InChI=1S/C18H16FN3O4/c1-2-25-18(24)13-10-20-22-8-7-12(9-15(13)22)21-17(23)11-26-16-6-4-3-5-14(16)19/h3-10H,2,11H2,1H3,(H,21,23). The Kier molecular flexibility index (Phi) is 5.12. The van der Waals surface area contributed by atoms with Crippen LogP contribution >= 0.6 is 0 Å². The Hall–Kier alpha value is -3.42. The van der Waals surface area contributed by atoms with Gasteiger partial charge in [-0.3, -0.25) is 4.79 Å². The van der Waals surface area contributed by atoms with Gasteiger partial charge in [0.15, 0.2) is 18.2 Å². The Bertz CT molecular complexity index is 955. The molecule has 8 heteroatoms. The molecule has 26 heavy (non-hydrogen) atoms. The quantitative estimate of drug-likeness (QED) is 0.686. The van der Waals surface area contributed by atoms with Crippen LogP contribution in [-0.4, -0.2) is 34.7 Å². The molecule has 0 aliphatic carbocycles. The van der Waals surface area contributed by atoms with Crippen LogP contribution < -0.4 is 10.1 Å². The Morgan fingerprint density at radius 3 is 2.85 bits per heavy atom. The van der Waals surface area contributed by atoms with Gasteiger partial charge < -0.3 is 14.8 Å². The maximum Gasteiger partial charge on any atom is 0.341 e. The molecule has 2 heterocycles. The molecular formula is C18H16FN3O4. The fourth-order valence-electron chi connectivity index (χ4n) is 2.33. The van der Waals surface area contributed by atoms with Crippen molar-refractivity contribution in [1.82, 2.24) is 9.61 Å². The van der Waals surface area contributed by atoms with Crippen LogP contribution in [0.15, 0.2) is 48.8 Å². The minimum Gasteiger partial charge on any atom is -0.481 e. The zero-order valence-electron chi connectivity index (χ0n) is 13.9.